The SMILES string of the molecule is CC(C)(C)S(=O)(=O)CCOc1cc(CN)ccc1[N+](=O)[O-]. The summed E-state index contributed by atoms with van der Waals surface area (Å²) in [6.45, 7) is 4.86. The predicted octanol–water partition coefficient (Wildman–Crippen LogP) is 1.65. The van der Waals surface area contributed by atoms with Crippen LogP contribution in [0.1, 0.15) is 26.3 Å². The van der Waals surface area contributed by atoms with Gasteiger partial charge in [-0.05, 0) is 32.4 Å². The summed E-state index contributed by atoms with van der Waals surface area (Å²) in [7, 11) is -3.34. The molecule has 2 N–H and O–H groups in total. The third-order valence-electron chi connectivity index (χ3n) is 3.00. The molecule has 0 heterocycles. The second-order valence-corrected chi connectivity index (χ2v) is 8.41. The van der Waals surface area contributed by atoms with E-state index in [2.05, 4.69) is 0 Å². The Morgan fingerprint density at radius 2 is 1.95 bits per heavy atom. The van der Waals surface area contributed by atoms with Crippen LogP contribution >= 0.6 is 0 Å². The molecule has 0 saturated heterocycles. The van der Waals surface area contributed by atoms with E-state index in [0.29, 0.717) is 5.56 Å². The van der Waals surface area contributed by atoms with Crippen LogP contribution in [0.2, 0.25) is 0 Å². The first-order valence-corrected chi connectivity index (χ1v) is 8.06. The van der Waals surface area contributed by atoms with Gasteiger partial charge in [-0.3, -0.25) is 10.1 Å². The first-order chi connectivity index (χ1) is 9.58. The van der Waals surface area contributed by atoms with Gasteiger partial charge in [0, 0.05) is 12.6 Å². The Kier molecular flexibility index (Phi) is 5.30. The number of sulfone groups is 1. The molecule has 0 aromatic heterocycles. The average molecular weight is 316 g/mol. The summed E-state index contributed by atoms with van der Waals surface area (Å²) in [5, 5.41) is 10.9. The topological polar surface area (TPSA) is 113 Å². The summed E-state index contributed by atoms with van der Waals surface area (Å²) < 4.78 is 28.3. The van der Waals surface area contributed by atoms with Gasteiger partial charge in [-0.1, -0.05) is 6.07 Å². The van der Waals surface area contributed by atoms with Crippen molar-refractivity contribution in [1.29, 1.82) is 0 Å². The van der Waals surface area contributed by atoms with Gasteiger partial charge in [-0.15, -0.1) is 0 Å². The molecule has 0 saturated carbocycles. The lowest BCUT2D eigenvalue weighted by Gasteiger charge is -2.19. The van der Waals surface area contributed by atoms with E-state index in [0.717, 1.165) is 0 Å². The van der Waals surface area contributed by atoms with Crippen LogP contribution < -0.4 is 10.5 Å². The maximum absolute atomic E-state index is 12.0. The normalized spacial score (nSPS) is 12.2. The maximum atomic E-state index is 12.0. The average Bonchev–Trinajstić information content (AvgIpc) is 2.36. The fourth-order valence-electron chi connectivity index (χ4n) is 1.52. The lowest BCUT2D eigenvalue weighted by Crippen LogP contribution is -2.32. The van der Waals surface area contributed by atoms with Crippen molar-refractivity contribution >= 4 is 15.5 Å². The fraction of sp³-hybridized carbons (Fsp3) is 0.538. The summed E-state index contributed by atoms with van der Waals surface area (Å²) in [6, 6.07) is 4.30. The van der Waals surface area contributed by atoms with E-state index in [1.54, 1.807) is 20.8 Å². The molecule has 7 nitrogen and oxygen atoms in total. The van der Waals surface area contributed by atoms with E-state index in [9.17, 15) is 18.5 Å². The third kappa shape index (κ3) is 4.40. The molecule has 118 valence electrons. The molecular weight excluding hydrogens is 296 g/mol. The van der Waals surface area contributed by atoms with Crippen molar-refractivity contribution in [2.24, 2.45) is 5.73 Å². The molecule has 0 spiro atoms. The van der Waals surface area contributed by atoms with Gasteiger partial charge >= 0.3 is 5.69 Å². The molecule has 1 rings (SSSR count). The largest absolute Gasteiger partial charge is 0.486 e. The molecule has 1 aromatic carbocycles. The molecule has 0 aliphatic carbocycles. The lowest BCUT2D eigenvalue weighted by molar-refractivity contribution is -0.385. The van der Waals surface area contributed by atoms with Crippen LogP contribution in [0.15, 0.2) is 18.2 Å². The van der Waals surface area contributed by atoms with Crippen molar-refractivity contribution in [2.75, 3.05) is 12.4 Å². The molecule has 0 radical (unpaired) electrons. The Labute approximate surface area is 124 Å². The number of nitrogens with two attached hydrogens (primary N) is 1. The quantitative estimate of drug-likeness (QED) is 0.630. The van der Waals surface area contributed by atoms with Crippen molar-refractivity contribution < 1.29 is 18.1 Å². The number of nitrogens with zero attached hydrogens (tertiary/aromatic N) is 1. The summed E-state index contributed by atoms with van der Waals surface area (Å²) in [5.41, 5.74) is 5.95. The van der Waals surface area contributed by atoms with Crippen LogP contribution in [0.3, 0.4) is 0 Å². The Morgan fingerprint density at radius 1 is 1.33 bits per heavy atom. The van der Waals surface area contributed by atoms with E-state index in [1.807, 2.05) is 0 Å². The van der Waals surface area contributed by atoms with Gasteiger partial charge in [-0.2, -0.15) is 0 Å². The number of benzene rings is 1. The van der Waals surface area contributed by atoms with Gasteiger partial charge in [0.05, 0.1) is 15.4 Å². The van der Waals surface area contributed by atoms with Gasteiger partial charge in [0.2, 0.25) is 0 Å². The van der Waals surface area contributed by atoms with Crippen LogP contribution in [0, 0.1) is 10.1 Å². The van der Waals surface area contributed by atoms with Crippen molar-refractivity contribution in [3.8, 4) is 5.75 Å². The van der Waals surface area contributed by atoms with Crippen LogP contribution in [-0.4, -0.2) is 30.4 Å². The molecule has 0 bridgehead atoms. The van der Waals surface area contributed by atoms with E-state index < -0.39 is 19.5 Å². The summed E-state index contributed by atoms with van der Waals surface area (Å²) in [4.78, 5) is 10.3. The van der Waals surface area contributed by atoms with E-state index >= 15 is 0 Å². The number of nitro groups is 1. The number of ether oxygens (including phenoxy) is 1. The minimum Gasteiger partial charge on any atom is -0.486 e. The lowest BCUT2D eigenvalue weighted by atomic mass is 10.2. The van der Waals surface area contributed by atoms with Crippen molar-refractivity contribution in [2.45, 2.75) is 32.1 Å². The van der Waals surface area contributed by atoms with Gasteiger partial charge in [-0.25, -0.2) is 8.42 Å². The highest BCUT2D eigenvalue weighted by molar-refractivity contribution is 7.92. The van der Waals surface area contributed by atoms with Gasteiger partial charge in [0.15, 0.2) is 15.6 Å². The summed E-state index contributed by atoms with van der Waals surface area (Å²) in [5.74, 6) is -0.174. The summed E-state index contributed by atoms with van der Waals surface area (Å²) >= 11 is 0. The molecule has 0 atom stereocenters. The second-order valence-electron chi connectivity index (χ2n) is 5.54. The molecular formula is C13H20N2O5S. The molecule has 21 heavy (non-hydrogen) atoms. The van der Waals surface area contributed by atoms with Crippen LogP contribution in [0.4, 0.5) is 5.69 Å². The Bertz CT molecular complexity index is 620. The number of nitro benzene ring substituents is 1. The highest BCUT2D eigenvalue weighted by Gasteiger charge is 2.29. The number of hydrogen-bond donors (Lipinski definition) is 1. The van der Waals surface area contributed by atoms with Crippen molar-refractivity contribution in [3.63, 3.8) is 0 Å². The standard InChI is InChI=1S/C13H20N2O5S/c1-13(2,3)21(18,19)7-6-20-12-8-10(9-14)4-5-11(12)15(16)17/h4-5,8H,6-7,9,14H2,1-3H3. The molecule has 0 unspecified atom stereocenters. The zero-order valence-corrected chi connectivity index (χ0v) is 13.1. The second kappa shape index (κ2) is 6.40. The van der Waals surface area contributed by atoms with Crippen molar-refractivity contribution in [1.82, 2.24) is 0 Å². The van der Waals surface area contributed by atoms with E-state index in [4.69, 9.17) is 10.5 Å². The molecule has 0 aliphatic rings. The van der Waals surface area contributed by atoms with Crippen LogP contribution in [-0.2, 0) is 16.4 Å². The monoisotopic (exact) mass is 316 g/mol. The number of hydrogen-bond acceptors (Lipinski definition) is 6. The predicted molar refractivity (Wildman–Crippen MR) is 80.0 cm³/mol. The van der Waals surface area contributed by atoms with Gasteiger partial charge < -0.3 is 10.5 Å². The molecule has 1 aromatic rings. The zero-order chi connectivity index (χ0) is 16.3. The highest BCUT2D eigenvalue weighted by Crippen LogP contribution is 2.28. The van der Waals surface area contributed by atoms with Crippen molar-refractivity contribution in [3.05, 3.63) is 33.9 Å². The first kappa shape index (κ1) is 17.4. The first-order valence-electron chi connectivity index (χ1n) is 6.41. The highest BCUT2D eigenvalue weighted by atomic mass is 32.2. The third-order valence-corrected chi connectivity index (χ3v) is 5.57. The molecule has 0 fully saturated rings. The smallest absolute Gasteiger partial charge is 0.310 e. The Balaban J connectivity index is 2.86. The van der Waals surface area contributed by atoms with Crippen LogP contribution in [0.5, 0.6) is 5.75 Å². The Hall–Kier alpha value is -1.67. The Morgan fingerprint density at radius 3 is 2.43 bits per heavy atom. The maximum Gasteiger partial charge on any atom is 0.310 e. The van der Waals surface area contributed by atoms with Crippen LogP contribution in [0.25, 0.3) is 0 Å². The minimum atomic E-state index is -3.34. The molecule has 0 amide bonds. The fourth-order valence-corrected chi connectivity index (χ4v) is 2.43. The van der Waals surface area contributed by atoms with Gasteiger partial charge in [0.25, 0.3) is 0 Å². The molecule has 0 aliphatic heterocycles. The van der Waals surface area contributed by atoms with E-state index in [1.165, 1.54) is 18.2 Å². The minimum absolute atomic E-state index is 0.0343. The molecule has 8 heteroatoms. The van der Waals surface area contributed by atoms with Gasteiger partial charge in [0.1, 0.15) is 6.61 Å². The summed E-state index contributed by atoms with van der Waals surface area (Å²) in [6.07, 6.45) is 0. The number of rotatable bonds is 6. The van der Waals surface area contributed by atoms with E-state index in [-0.39, 0.29) is 30.3 Å². The zero-order valence-electron chi connectivity index (χ0n) is 12.3.